The molecule has 0 bridgehead atoms. The number of hydrogen-bond acceptors (Lipinski definition) is 3. The number of aryl methyl sites for hydroxylation is 2. The van der Waals surface area contributed by atoms with E-state index < -0.39 is 6.10 Å². The Labute approximate surface area is 127 Å². The zero-order chi connectivity index (χ0) is 15.0. The van der Waals surface area contributed by atoms with Gasteiger partial charge in [-0.3, -0.25) is 9.36 Å². The van der Waals surface area contributed by atoms with Gasteiger partial charge < -0.3 is 5.11 Å². The van der Waals surface area contributed by atoms with Crippen LogP contribution in [0.5, 0.6) is 0 Å². The summed E-state index contributed by atoms with van der Waals surface area (Å²) in [7, 11) is 1.92. The Morgan fingerprint density at radius 3 is 2.50 bits per heavy atom. The van der Waals surface area contributed by atoms with Crippen molar-refractivity contribution in [2.75, 3.05) is 0 Å². The van der Waals surface area contributed by atoms with Gasteiger partial charge in [0.15, 0.2) is 0 Å². The number of aliphatic hydroxyl groups excluding tert-OH is 1. The molecule has 0 fully saturated rings. The Kier molecular flexibility index (Phi) is 4.34. The van der Waals surface area contributed by atoms with Crippen LogP contribution in [-0.2, 0) is 13.5 Å². The molecular weight excluding hydrogens is 320 g/mol. The Morgan fingerprint density at radius 2 is 2.00 bits per heavy atom. The van der Waals surface area contributed by atoms with Gasteiger partial charge >= 0.3 is 0 Å². The van der Waals surface area contributed by atoms with Gasteiger partial charge in [-0.2, -0.15) is 10.2 Å². The van der Waals surface area contributed by atoms with Crippen molar-refractivity contribution >= 4 is 15.9 Å². The molecule has 0 aliphatic carbocycles. The summed E-state index contributed by atoms with van der Waals surface area (Å²) in [5, 5.41) is 19.3. The molecule has 2 aromatic heterocycles. The van der Waals surface area contributed by atoms with Crippen LogP contribution in [0.2, 0.25) is 0 Å². The van der Waals surface area contributed by atoms with E-state index in [0.717, 1.165) is 27.1 Å². The molecule has 110 valence electrons. The molecule has 0 saturated heterocycles. The fourth-order valence-corrected chi connectivity index (χ4v) is 3.01. The topological polar surface area (TPSA) is 55.9 Å². The van der Waals surface area contributed by atoms with Gasteiger partial charge in [-0.1, -0.05) is 0 Å². The summed E-state index contributed by atoms with van der Waals surface area (Å²) in [6.45, 7) is 8.10. The van der Waals surface area contributed by atoms with Crippen LogP contribution < -0.4 is 0 Å². The van der Waals surface area contributed by atoms with Crippen LogP contribution in [0.3, 0.4) is 0 Å². The second-order valence-corrected chi connectivity index (χ2v) is 6.26. The molecule has 0 aromatic carbocycles. The third-order valence-corrected chi connectivity index (χ3v) is 4.26. The summed E-state index contributed by atoms with van der Waals surface area (Å²) in [4.78, 5) is 0. The molecule has 6 heteroatoms. The minimum atomic E-state index is -0.601. The summed E-state index contributed by atoms with van der Waals surface area (Å²) in [6.07, 6.45) is 1.68. The minimum Gasteiger partial charge on any atom is -0.386 e. The molecule has 0 spiro atoms. The van der Waals surface area contributed by atoms with Crippen molar-refractivity contribution in [3.63, 3.8) is 0 Å². The molecule has 2 aromatic rings. The first-order valence-electron chi connectivity index (χ1n) is 6.73. The smallest absolute Gasteiger partial charge is 0.101 e. The van der Waals surface area contributed by atoms with Gasteiger partial charge in [-0.05, 0) is 49.2 Å². The fourth-order valence-electron chi connectivity index (χ4n) is 2.48. The van der Waals surface area contributed by atoms with Crippen molar-refractivity contribution < 1.29 is 5.11 Å². The Hall–Kier alpha value is -1.14. The number of aliphatic hydroxyl groups is 1. The predicted octanol–water partition coefficient (Wildman–Crippen LogP) is 2.85. The standard InChI is InChI=1S/C14H21BrN4O/c1-8(2)19-14(12(15)7-16-19)13(20)6-11-9(3)17-18(5)10(11)4/h7-8,13,20H,6H2,1-5H3. The molecule has 1 unspecified atom stereocenters. The van der Waals surface area contributed by atoms with Crippen molar-refractivity contribution in [3.05, 3.63) is 33.3 Å². The highest BCUT2D eigenvalue weighted by Gasteiger charge is 2.22. The van der Waals surface area contributed by atoms with Crippen molar-refractivity contribution in [2.24, 2.45) is 7.05 Å². The van der Waals surface area contributed by atoms with Crippen LogP contribution in [-0.4, -0.2) is 24.7 Å². The summed E-state index contributed by atoms with van der Waals surface area (Å²) in [6, 6.07) is 0.210. The first-order valence-corrected chi connectivity index (χ1v) is 7.52. The molecule has 20 heavy (non-hydrogen) atoms. The predicted molar refractivity (Wildman–Crippen MR) is 81.7 cm³/mol. The summed E-state index contributed by atoms with van der Waals surface area (Å²) in [5.41, 5.74) is 3.98. The number of rotatable bonds is 4. The van der Waals surface area contributed by atoms with Crippen LogP contribution in [0.25, 0.3) is 0 Å². The molecule has 1 atom stereocenters. The molecule has 0 aliphatic heterocycles. The van der Waals surface area contributed by atoms with Crippen LogP contribution in [0.1, 0.15) is 48.6 Å². The first-order chi connectivity index (χ1) is 9.32. The molecular formula is C14H21BrN4O. The molecule has 5 nitrogen and oxygen atoms in total. The van der Waals surface area contributed by atoms with Crippen LogP contribution in [0.15, 0.2) is 10.7 Å². The van der Waals surface area contributed by atoms with Gasteiger partial charge in [-0.15, -0.1) is 0 Å². The molecule has 0 radical (unpaired) electrons. The van der Waals surface area contributed by atoms with E-state index >= 15 is 0 Å². The fraction of sp³-hybridized carbons (Fsp3) is 0.571. The lowest BCUT2D eigenvalue weighted by Gasteiger charge is -2.17. The van der Waals surface area contributed by atoms with E-state index in [2.05, 4.69) is 40.0 Å². The van der Waals surface area contributed by atoms with Gasteiger partial charge in [0.05, 0.1) is 22.1 Å². The second kappa shape index (κ2) is 5.69. The van der Waals surface area contributed by atoms with Crippen LogP contribution in [0.4, 0.5) is 0 Å². The van der Waals surface area contributed by atoms with Crippen LogP contribution >= 0.6 is 15.9 Å². The number of aromatic nitrogens is 4. The van der Waals surface area contributed by atoms with Gasteiger partial charge in [-0.25, -0.2) is 0 Å². The van der Waals surface area contributed by atoms with E-state index in [4.69, 9.17) is 0 Å². The maximum absolute atomic E-state index is 10.6. The highest BCUT2D eigenvalue weighted by Crippen LogP contribution is 2.29. The monoisotopic (exact) mass is 340 g/mol. The molecule has 0 amide bonds. The van der Waals surface area contributed by atoms with Crippen molar-refractivity contribution in [2.45, 2.75) is 46.3 Å². The highest BCUT2D eigenvalue weighted by molar-refractivity contribution is 9.10. The summed E-state index contributed by atoms with van der Waals surface area (Å²) in [5.74, 6) is 0. The SMILES string of the molecule is Cc1nn(C)c(C)c1CC(O)c1c(Br)cnn1C(C)C. The minimum absolute atomic E-state index is 0.210. The number of halogens is 1. The van der Waals surface area contributed by atoms with E-state index in [1.54, 1.807) is 6.20 Å². The molecule has 1 N–H and O–H groups in total. The summed E-state index contributed by atoms with van der Waals surface area (Å²) >= 11 is 3.48. The molecule has 2 heterocycles. The average molecular weight is 341 g/mol. The van der Waals surface area contributed by atoms with E-state index in [1.165, 1.54) is 0 Å². The third-order valence-electron chi connectivity index (χ3n) is 3.65. The first kappa shape index (κ1) is 15.3. The molecule has 2 rings (SSSR count). The Balaban J connectivity index is 2.33. The largest absolute Gasteiger partial charge is 0.386 e. The van der Waals surface area contributed by atoms with Gasteiger partial charge in [0, 0.05) is 25.2 Å². The quantitative estimate of drug-likeness (QED) is 0.930. The second-order valence-electron chi connectivity index (χ2n) is 5.41. The maximum Gasteiger partial charge on any atom is 0.101 e. The maximum atomic E-state index is 10.6. The zero-order valence-electron chi connectivity index (χ0n) is 12.6. The van der Waals surface area contributed by atoms with Crippen LogP contribution in [0, 0.1) is 13.8 Å². The highest BCUT2D eigenvalue weighted by atomic mass is 79.9. The normalized spacial score (nSPS) is 13.2. The zero-order valence-corrected chi connectivity index (χ0v) is 14.1. The summed E-state index contributed by atoms with van der Waals surface area (Å²) < 4.78 is 4.56. The third kappa shape index (κ3) is 2.67. The van der Waals surface area contributed by atoms with Gasteiger partial charge in [0.1, 0.15) is 6.10 Å². The van der Waals surface area contributed by atoms with Crippen molar-refractivity contribution in [3.8, 4) is 0 Å². The van der Waals surface area contributed by atoms with Crippen molar-refractivity contribution in [1.82, 2.24) is 19.6 Å². The van der Waals surface area contributed by atoms with E-state index in [9.17, 15) is 5.11 Å². The van der Waals surface area contributed by atoms with Gasteiger partial charge in [0.2, 0.25) is 0 Å². The Bertz CT molecular complexity index is 615. The molecule has 0 saturated carbocycles. The van der Waals surface area contributed by atoms with E-state index in [1.807, 2.05) is 30.3 Å². The Morgan fingerprint density at radius 1 is 1.35 bits per heavy atom. The van der Waals surface area contributed by atoms with Crippen molar-refractivity contribution in [1.29, 1.82) is 0 Å². The number of hydrogen-bond donors (Lipinski definition) is 1. The van der Waals surface area contributed by atoms with Gasteiger partial charge in [0.25, 0.3) is 0 Å². The average Bonchev–Trinajstić information content (AvgIpc) is 2.85. The number of nitrogens with zero attached hydrogens (tertiary/aromatic N) is 4. The van der Waals surface area contributed by atoms with E-state index in [-0.39, 0.29) is 6.04 Å². The lowest BCUT2D eigenvalue weighted by atomic mass is 10.0. The lowest BCUT2D eigenvalue weighted by Crippen LogP contribution is -2.14. The lowest BCUT2D eigenvalue weighted by molar-refractivity contribution is 0.163. The molecule has 0 aliphatic rings. The van der Waals surface area contributed by atoms with E-state index in [0.29, 0.717) is 6.42 Å².